The van der Waals surface area contributed by atoms with Crippen LogP contribution in [0, 0.1) is 0 Å². The van der Waals surface area contributed by atoms with Crippen molar-refractivity contribution in [2.75, 3.05) is 13.2 Å². The third-order valence-electron chi connectivity index (χ3n) is 19.9. The number of aliphatic hydroxyl groups excluding tert-OH is 2. The third-order valence-corrected chi connectivity index (χ3v) is 19.9. The first-order valence-electron chi connectivity index (χ1n) is 42.4. The van der Waals surface area contributed by atoms with Crippen molar-refractivity contribution in [1.29, 1.82) is 0 Å². The van der Waals surface area contributed by atoms with Gasteiger partial charge in [0.2, 0.25) is 5.91 Å². The van der Waals surface area contributed by atoms with Crippen LogP contribution in [0.15, 0.2) is 48.6 Å². The Bertz CT molecular complexity index is 1550. The molecular formula is C87H165NO5. The van der Waals surface area contributed by atoms with Crippen LogP contribution in [-0.2, 0) is 14.3 Å². The first kappa shape index (κ1) is 90.8. The minimum Gasteiger partial charge on any atom is -0.466 e. The second-order valence-electron chi connectivity index (χ2n) is 29.2. The molecule has 6 nitrogen and oxygen atoms in total. The second-order valence-corrected chi connectivity index (χ2v) is 29.2. The van der Waals surface area contributed by atoms with Gasteiger partial charge in [0.1, 0.15) is 0 Å². The van der Waals surface area contributed by atoms with Crippen molar-refractivity contribution in [3.63, 3.8) is 0 Å². The summed E-state index contributed by atoms with van der Waals surface area (Å²) in [5.74, 6) is -0.0220. The lowest BCUT2D eigenvalue weighted by Gasteiger charge is -2.22. The minimum atomic E-state index is -0.665. The fourth-order valence-electron chi connectivity index (χ4n) is 13.4. The van der Waals surface area contributed by atoms with Crippen molar-refractivity contribution >= 4 is 11.9 Å². The summed E-state index contributed by atoms with van der Waals surface area (Å²) in [7, 11) is 0. The number of carbonyl (C=O) groups excluding carboxylic acids is 2. The summed E-state index contributed by atoms with van der Waals surface area (Å²) in [6.45, 7) is 4.96. The molecule has 6 heteroatoms. The summed E-state index contributed by atoms with van der Waals surface area (Å²) >= 11 is 0. The Kier molecular flexibility index (Phi) is 80.3. The Morgan fingerprint density at radius 1 is 0.301 bits per heavy atom. The van der Waals surface area contributed by atoms with Gasteiger partial charge < -0.3 is 20.3 Å². The molecule has 0 heterocycles. The first-order chi connectivity index (χ1) is 46.0. The van der Waals surface area contributed by atoms with Crippen LogP contribution >= 0.6 is 0 Å². The number of hydrogen-bond acceptors (Lipinski definition) is 5. The van der Waals surface area contributed by atoms with Gasteiger partial charge in [-0.05, 0) is 83.5 Å². The molecular weight excluding hydrogens is 1140 g/mol. The summed E-state index contributed by atoms with van der Waals surface area (Å²) in [5.41, 5.74) is 0. The average Bonchev–Trinajstić information content (AvgIpc) is 3.77. The lowest BCUT2D eigenvalue weighted by molar-refractivity contribution is -0.143. The number of allylic oxidation sites excluding steroid dienone is 8. The summed E-state index contributed by atoms with van der Waals surface area (Å²) in [6.07, 6.45) is 109. The summed E-state index contributed by atoms with van der Waals surface area (Å²) < 4.78 is 5.49. The fourth-order valence-corrected chi connectivity index (χ4v) is 13.4. The molecule has 0 aliphatic rings. The van der Waals surface area contributed by atoms with Crippen LogP contribution < -0.4 is 5.32 Å². The molecule has 0 aliphatic carbocycles. The number of amides is 1. The van der Waals surface area contributed by atoms with Crippen LogP contribution in [0.5, 0.6) is 0 Å². The Labute approximate surface area is 582 Å². The lowest BCUT2D eigenvalue weighted by atomic mass is 10.0. The van der Waals surface area contributed by atoms with Crippen LogP contribution in [0.1, 0.15) is 470 Å². The summed E-state index contributed by atoms with van der Waals surface area (Å²) in [5, 5.41) is 23.5. The van der Waals surface area contributed by atoms with Gasteiger partial charge in [-0.2, -0.15) is 0 Å². The van der Waals surface area contributed by atoms with Gasteiger partial charge in [-0.1, -0.05) is 422 Å². The van der Waals surface area contributed by atoms with E-state index >= 15 is 0 Å². The molecule has 0 fully saturated rings. The van der Waals surface area contributed by atoms with E-state index in [1.807, 2.05) is 0 Å². The molecule has 0 aromatic heterocycles. The van der Waals surface area contributed by atoms with Gasteiger partial charge in [-0.25, -0.2) is 0 Å². The van der Waals surface area contributed by atoms with E-state index in [0.717, 1.165) is 57.8 Å². The van der Waals surface area contributed by atoms with Gasteiger partial charge in [0.15, 0.2) is 0 Å². The molecule has 2 unspecified atom stereocenters. The van der Waals surface area contributed by atoms with E-state index in [4.69, 9.17) is 4.74 Å². The van der Waals surface area contributed by atoms with Crippen molar-refractivity contribution in [3.05, 3.63) is 48.6 Å². The molecule has 0 aromatic rings. The van der Waals surface area contributed by atoms with E-state index in [1.165, 1.54) is 379 Å². The number of ether oxygens (including phenoxy) is 1. The zero-order chi connectivity index (χ0) is 67.0. The number of nitrogens with one attached hydrogen (secondary N) is 1. The maximum atomic E-state index is 12.6. The lowest BCUT2D eigenvalue weighted by Crippen LogP contribution is -2.45. The van der Waals surface area contributed by atoms with E-state index in [0.29, 0.717) is 25.9 Å². The third kappa shape index (κ3) is 78.7. The van der Waals surface area contributed by atoms with Gasteiger partial charge in [-0.15, -0.1) is 0 Å². The number of rotatable bonds is 80. The molecule has 548 valence electrons. The van der Waals surface area contributed by atoms with Gasteiger partial charge in [0, 0.05) is 12.8 Å². The highest BCUT2D eigenvalue weighted by Gasteiger charge is 2.20. The van der Waals surface area contributed by atoms with Crippen molar-refractivity contribution in [1.82, 2.24) is 5.32 Å². The topological polar surface area (TPSA) is 95.9 Å². The van der Waals surface area contributed by atoms with E-state index in [9.17, 15) is 19.8 Å². The molecule has 0 aromatic carbocycles. The predicted molar refractivity (Wildman–Crippen MR) is 412 cm³/mol. The molecule has 2 atom stereocenters. The largest absolute Gasteiger partial charge is 0.466 e. The Morgan fingerprint density at radius 2 is 0.548 bits per heavy atom. The molecule has 0 rings (SSSR count). The maximum Gasteiger partial charge on any atom is 0.305 e. The van der Waals surface area contributed by atoms with Crippen molar-refractivity contribution < 1.29 is 24.5 Å². The highest BCUT2D eigenvalue weighted by Crippen LogP contribution is 2.20. The van der Waals surface area contributed by atoms with Gasteiger partial charge in [0.25, 0.3) is 0 Å². The Balaban J connectivity index is 3.37. The zero-order valence-electron chi connectivity index (χ0n) is 63.0. The Morgan fingerprint density at radius 3 is 0.849 bits per heavy atom. The fraction of sp³-hybridized carbons (Fsp3) is 0.885. The van der Waals surface area contributed by atoms with Crippen molar-refractivity contribution in [3.8, 4) is 0 Å². The highest BCUT2D eigenvalue weighted by molar-refractivity contribution is 5.76. The molecule has 3 N–H and O–H groups in total. The molecule has 0 bridgehead atoms. The first-order valence-corrected chi connectivity index (χ1v) is 42.4. The van der Waals surface area contributed by atoms with Gasteiger partial charge in [0.05, 0.1) is 25.4 Å². The van der Waals surface area contributed by atoms with Crippen LogP contribution in [-0.4, -0.2) is 47.4 Å². The quantitative estimate of drug-likeness (QED) is 0.0320. The van der Waals surface area contributed by atoms with Crippen LogP contribution in [0.4, 0.5) is 0 Å². The van der Waals surface area contributed by atoms with E-state index < -0.39 is 12.1 Å². The van der Waals surface area contributed by atoms with E-state index in [2.05, 4.69) is 67.8 Å². The van der Waals surface area contributed by atoms with E-state index in [-0.39, 0.29) is 18.5 Å². The number of aliphatic hydroxyl groups is 2. The molecule has 0 saturated carbocycles. The molecule has 0 aliphatic heterocycles. The monoisotopic (exact) mass is 1300 g/mol. The molecule has 0 saturated heterocycles. The molecule has 0 radical (unpaired) electrons. The van der Waals surface area contributed by atoms with Crippen molar-refractivity contribution in [2.45, 2.75) is 482 Å². The number of carbonyl (C=O) groups is 2. The highest BCUT2D eigenvalue weighted by atomic mass is 16.5. The van der Waals surface area contributed by atoms with Crippen molar-refractivity contribution in [2.24, 2.45) is 0 Å². The van der Waals surface area contributed by atoms with Gasteiger partial charge >= 0.3 is 5.97 Å². The number of unbranched alkanes of at least 4 members (excludes halogenated alkanes) is 61. The maximum absolute atomic E-state index is 12.6. The van der Waals surface area contributed by atoms with Crippen LogP contribution in [0.3, 0.4) is 0 Å². The van der Waals surface area contributed by atoms with Gasteiger partial charge in [-0.3, -0.25) is 9.59 Å². The molecule has 93 heavy (non-hydrogen) atoms. The average molecular weight is 1310 g/mol. The zero-order valence-corrected chi connectivity index (χ0v) is 63.0. The SMILES string of the molecule is CCCC/C=C\C/C=C\CCCCCCCC(=O)OCCCCCCCCCCCCCCC/C=C\C/C=C\CCCCCCCCCCCCCCCCCCCC(=O)NC(CO)C(O)CCCCCCCCCCCCCCCCCCCCCCCCCCC. The smallest absolute Gasteiger partial charge is 0.305 e. The number of esters is 1. The predicted octanol–water partition coefficient (Wildman–Crippen LogP) is 28.3. The Hall–Kier alpha value is -2.18. The standard InChI is InChI=1S/C87H165NO5/c1-3-5-7-9-11-13-15-17-19-20-21-22-23-37-40-43-46-49-52-55-59-63-67-71-75-79-85(90)84(83-89)88-86(91)80-76-72-68-64-60-56-53-50-47-44-41-38-35-33-31-29-27-25-24-26-28-30-32-34-36-39-42-45-48-51-54-58-62-66-70-74-78-82-93-87(92)81-77-73-69-65-61-57-18-16-14-12-10-8-6-4-2/h10,12,16,18,24,26,30,32,84-85,89-90H,3-9,11,13-15,17,19-23,25,27-29,31,33-83H2,1-2H3,(H,88,91)/b12-10-,18-16-,26-24-,32-30-. The van der Waals surface area contributed by atoms with E-state index in [1.54, 1.807) is 0 Å². The second kappa shape index (κ2) is 82.2. The summed E-state index contributed by atoms with van der Waals surface area (Å²) in [4.78, 5) is 24.7. The molecule has 1 amide bonds. The minimum absolute atomic E-state index is 0.00460. The normalized spacial score (nSPS) is 12.7. The van der Waals surface area contributed by atoms with Crippen LogP contribution in [0.25, 0.3) is 0 Å². The summed E-state index contributed by atoms with van der Waals surface area (Å²) in [6, 6.07) is -0.542. The number of hydrogen-bond donors (Lipinski definition) is 3. The molecule has 0 spiro atoms. The van der Waals surface area contributed by atoms with Crippen LogP contribution in [0.2, 0.25) is 0 Å².